The molecule has 1 rings (SSSR count). The summed E-state index contributed by atoms with van der Waals surface area (Å²) >= 11 is 5.69. The average molecular weight is 272 g/mol. The molecule has 0 aromatic carbocycles. The van der Waals surface area contributed by atoms with Gasteiger partial charge >= 0.3 is 0 Å². The zero-order valence-electron chi connectivity index (χ0n) is 11.6. The molecule has 1 N–H and O–H groups in total. The number of halogens is 1. The SMILES string of the molecule is Cc1cc(C(=O)NCC(C)(C)CCCCl)n(C)n1. The van der Waals surface area contributed by atoms with E-state index in [1.165, 1.54) is 0 Å². The Balaban J connectivity index is 2.53. The molecule has 0 bridgehead atoms. The van der Waals surface area contributed by atoms with Gasteiger partial charge in [0, 0.05) is 19.5 Å². The lowest BCUT2D eigenvalue weighted by atomic mass is 9.88. The molecule has 0 atom stereocenters. The van der Waals surface area contributed by atoms with Crippen LogP contribution in [0.15, 0.2) is 6.07 Å². The molecule has 0 unspecified atom stereocenters. The molecule has 1 aromatic rings. The zero-order chi connectivity index (χ0) is 13.8. The molecule has 18 heavy (non-hydrogen) atoms. The van der Waals surface area contributed by atoms with Gasteiger partial charge in [0.25, 0.3) is 5.91 Å². The Labute approximate surface area is 114 Å². The highest BCUT2D eigenvalue weighted by Crippen LogP contribution is 2.21. The van der Waals surface area contributed by atoms with Gasteiger partial charge in [0.15, 0.2) is 0 Å². The summed E-state index contributed by atoms with van der Waals surface area (Å²) in [4.78, 5) is 12.0. The minimum Gasteiger partial charge on any atom is -0.350 e. The summed E-state index contributed by atoms with van der Waals surface area (Å²) in [5.74, 6) is 0.593. The number of carbonyl (C=O) groups excluding carboxylic acids is 1. The van der Waals surface area contributed by atoms with Crippen LogP contribution in [0.1, 0.15) is 42.9 Å². The molecule has 1 aromatic heterocycles. The molecule has 0 spiro atoms. The highest BCUT2D eigenvalue weighted by Gasteiger charge is 2.20. The van der Waals surface area contributed by atoms with Crippen molar-refractivity contribution in [1.82, 2.24) is 15.1 Å². The summed E-state index contributed by atoms with van der Waals surface area (Å²) < 4.78 is 1.61. The lowest BCUT2D eigenvalue weighted by molar-refractivity contribution is 0.0925. The minimum absolute atomic E-state index is 0.0676. The van der Waals surface area contributed by atoms with Crippen LogP contribution in [0, 0.1) is 12.3 Å². The molecular formula is C13H22ClN3O. The van der Waals surface area contributed by atoms with E-state index in [0.717, 1.165) is 18.5 Å². The van der Waals surface area contributed by atoms with E-state index in [1.807, 2.05) is 6.92 Å². The molecule has 0 saturated carbocycles. The molecule has 0 aliphatic heterocycles. The molecule has 102 valence electrons. The van der Waals surface area contributed by atoms with Crippen LogP contribution in [0.2, 0.25) is 0 Å². The number of hydrogen-bond acceptors (Lipinski definition) is 2. The van der Waals surface area contributed by atoms with Crippen LogP contribution in [-0.4, -0.2) is 28.1 Å². The third-order valence-corrected chi connectivity index (χ3v) is 3.22. The van der Waals surface area contributed by atoms with Gasteiger partial charge in [-0.05, 0) is 31.2 Å². The Bertz CT molecular complexity index is 412. The van der Waals surface area contributed by atoms with Crippen molar-refractivity contribution in [2.75, 3.05) is 12.4 Å². The van der Waals surface area contributed by atoms with Crippen molar-refractivity contribution in [3.63, 3.8) is 0 Å². The number of nitrogens with zero attached hydrogens (tertiary/aromatic N) is 2. The monoisotopic (exact) mass is 271 g/mol. The van der Waals surface area contributed by atoms with Crippen LogP contribution in [0.4, 0.5) is 0 Å². The van der Waals surface area contributed by atoms with Gasteiger partial charge in [-0.3, -0.25) is 9.48 Å². The number of aryl methyl sites for hydroxylation is 2. The molecule has 0 aliphatic carbocycles. The normalized spacial score (nSPS) is 11.6. The van der Waals surface area contributed by atoms with Crippen LogP contribution < -0.4 is 5.32 Å². The van der Waals surface area contributed by atoms with Gasteiger partial charge in [-0.1, -0.05) is 13.8 Å². The van der Waals surface area contributed by atoms with Crippen molar-refractivity contribution < 1.29 is 4.79 Å². The van der Waals surface area contributed by atoms with E-state index in [0.29, 0.717) is 18.1 Å². The van der Waals surface area contributed by atoms with Gasteiger partial charge in [-0.15, -0.1) is 11.6 Å². The van der Waals surface area contributed by atoms with Gasteiger partial charge in [-0.2, -0.15) is 5.10 Å². The maximum atomic E-state index is 12.0. The van der Waals surface area contributed by atoms with Gasteiger partial charge < -0.3 is 5.32 Å². The second kappa shape index (κ2) is 6.23. The fourth-order valence-corrected chi connectivity index (χ4v) is 2.00. The van der Waals surface area contributed by atoms with Gasteiger partial charge in [0.05, 0.1) is 5.69 Å². The predicted molar refractivity (Wildman–Crippen MR) is 74.0 cm³/mol. The molecule has 0 radical (unpaired) electrons. The number of carbonyl (C=O) groups is 1. The van der Waals surface area contributed by atoms with Crippen molar-refractivity contribution in [1.29, 1.82) is 0 Å². The number of aromatic nitrogens is 2. The van der Waals surface area contributed by atoms with E-state index in [-0.39, 0.29) is 11.3 Å². The number of rotatable bonds is 6. The highest BCUT2D eigenvalue weighted by atomic mass is 35.5. The van der Waals surface area contributed by atoms with Gasteiger partial charge in [0.2, 0.25) is 0 Å². The Morgan fingerprint density at radius 3 is 2.72 bits per heavy atom. The maximum absolute atomic E-state index is 12.0. The number of amides is 1. The molecular weight excluding hydrogens is 250 g/mol. The molecule has 0 aliphatic rings. The maximum Gasteiger partial charge on any atom is 0.269 e. The first kappa shape index (κ1) is 15.0. The van der Waals surface area contributed by atoms with Crippen LogP contribution in [0.5, 0.6) is 0 Å². The van der Waals surface area contributed by atoms with E-state index >= 15 is 0 Å². The predicted octanol–water partition coefficient (Wildman–Crippen LogP) is 2.50. The van der Waals surface area contributed by atoms with Crippen LogP contribution in [-0.2, 0) is 7.05 Å². The van der Waals surface area contributed by atoms with Crippen molar-refractivity contribution in [2.45, 2.75) is 33.6 Å². The summed E-state index contributed by atoms with van der Waals surface area (Å²) in [6.07, 6.45) is 1.97. The summed E-state index contributed by atoms with van der Waals surface area (Å²) in [5, 5.41) is 7.12. The third-order valence-electron chi connectivity index (χ3n) is 2.95. The molecule has 5 heteroatoms. The summed E-state index contributed by atoms with van der Waals surface area (Å²) in [7, 11) is 1.78. The summed E-state index contributed by atoms with van der Waals surface area (Å²) in [6.45, 7) is 6.79. The van der Waals surface area contributed by atoms with Crippen molar-refractivity contribution in [3.8, 4) is 0 Å². The number of hydrogen-bond donors (Lipinski definition) is 1. The summed E-state index contributed by atoms with van der Waals surface area (Å²) in [5.41, 5.74) is 1.52. The Hall–Kier alpha value is -1.03. The zero-order valence-corrected chi connectivity index (χ0v) is 12.3. The molecule has 1 amide bonds. The molecule has 1 heterocycles. The van der Waals surface area contributed by atoms with Gasteiger partial charge in [-0.25, -0.2) is 0 Å². The third kappa shape index (κ3) is 4.33. The second-order valence-corrected chi connectivity index (χ2v) is 5.81. The molecule has 0 saturated heterocycles. The topological polar surface area (TPSA) is 46.9 Å². The first-order valence-electron chi connectivity index (χ1n) is 6.20. The van der Waals surface area contributed by atoms with E-state index in [4.69, 9.17) is 11.6 Å². The smallest absolute Gasteiger partial charge is 0.269 e. The largest absolute Gasteiger partial charge is 0.350 e. The van der Waals surface area contributed by atoms with E-state index in [1.54, 1.807) is 17.8 Å². The standard InChI is InChI=1S/C13H22ClN3O/c1-10-8-11(17(4)16-10)12(18)15-9-13(2,3)6-5-7-14/h8H,5-7,9H2,1-4H3,(H,15,18). The van der Waals surface area contributed by atoms with E-state index in [9.17, 15) is 4.79 Å². The molecule has 4 nitrogen and oxygen atoms in total. The lowest BCUT2D eigenvalue weighted by Gasteiger charge is -2.24. The first-order chi connectivity index (χ1) is 8.35. The van der Waals surface area contributed by atoms with Crippen LogP contribution in [0.3, 0.4) is 0 Å². The van der Waals surface area contributed by atoms with Crippen molar-refractivity contribution >= 4 is 17.5 Å². The highest BCUT2D eigenvalue weighted by molar-refractivity contribution is 6.17. The Morgan fingerprint density at radius 1 is 1.56 bits per heavy atom. The average Bonchev–Trinajstić information content (AvgIpc) is 2.63. The first-order valence-corrected chi connectivity index (χ1v) is 6.74. The Morgan fingerprint density at radius 2 is 2.22 bits per heavy atom. The number of nitrogens with one attached hydrogen (secondary N) is 1. The fraction of sp³-hybridized carbons (Fsp3) is 0.692. The molecule has 0 fully saturated rings. The number of alkyl halides is 1. The van der Waals surface area contributed by atoms with Crippen LogP contribution in [0.25, 0.3) is 0 Å². The van der Waals surface area contributed by atoms with Crippen LogP contribution >= 0.6 is 11.6 Å². The second-order valence-electron chi connectivity index (χ2n) is 5.43. The summed E-state index contributed by atoms with van der Waals surface area (Å²) in [6, 6.07) is 1.79. The minimum atomic E-state index is -0.0722. The van der Waals surface area contributed by atoms with Gasteiger partial charge in [0.1, 0.15) is 5.69 Å². The quantitative estimate of drug-likeness (QED) is 0.808. The van der Waals surface area contributed by atoms with Crippen molar-refractivity contribution in [3.05, 3.63) is 17.5 Å². The van der Waals surface area contributed by atoms with E-state index in [2.05, 4.69) is 24.3 Å². The Kier molecular flexibility index (Phi) is 5.20. The fourth-order valence-electron chi connectivity index (χ4n) is 1.87. The lowest BCUT2D eigenvalue weighted by Crippen LogP contribution is -2.35. The van der Waals surface area contributed by atoms with E-state index < -0.39 is 0 Å². The van der Waals surface area contributed by atoms with Crippen molar-refractivity contribution in [2.24, 2.45) is 12.5 Å².